The zero-order valence-corrected chi connectivity index (χ0v) is 13.7. The first-order chi connectivity index (χ1) is 12.3. The molecule has 25 heavy (non-hydrogen) atoms. The summed E-state index contributed by atoms with van der Waals surface area (Å²) in [6, 6.07) is 19.3. The molecule has 0 atom stereocenters. The van der Waals surface area contributed by atoms with Gasteiger partial charge in [0, 0.05) is 6.42 Å². The van der Waals surface area contributed by atoms with Crippen molar-refractivity contribution < 1.29 is 14.1 Å². The number of rotatable bonds is 8. The third-order valence-electron chi connectivity index (χ3n) is 3.54. The van der Waals surface area contributed by atoms with Crippen molar-refractivity contribution in [3.8, 4) is 5.75 Å². The van der Waals surface area contributed by atoms with E-state index >= 15 is 0 Å². The zero-order chi connectivity index (χ0) is 17.3. The summed E-state index contributed by atoms with van der Waals surface area (Å²) in [5, 5.41) is 6.63. The van der Waals surface area contributed by atoms with Crippen molar-refractivity contribution in [2.75, 3.05) is 0 Å². The Labute approximate surface area is 145 Å². The van der Waals surface area contributed by atoms with E-state index < -0.39 is 0 Å². The van der Waals surface area contributed by atoms with E-state index in [1.807, 2.05) is 60.7 Å². The number of para-hydroxylation sites is 1. The topological polar surface area (TPSA) is 77.2 Å². The highest BCUT2D eigenvalue weighted by Crippen LogP contribution is 2.10. The molecule has 3 rings (SSSR count). The molecule has 128 valence electrons. The molecule has 6 heteroatoms. The van der Waals surface area contributed by atoms with Crippen LogP contribution in [0.1, 0.15) is 23.7 Å². The Morgan fingerprint density at radius 3 is 2.52 bits per heavy atom. The average Bonchev–Trinajstić information content (AvgIpc) is 3.13. The van der Waals surface area contributed by atoms with Crippen molar-refractivity contribution in [1.29, 1.82) is 0 Å². The smallest absolute Gasteiger partial charge is 0.264 e. The zero-order valence-electron chi connectivity index (χ0n) is 13.7. The monoisotopic (exact) mass is 337 g/mol. The summed E-state index contributed by atoms with van der Waals surface area (Å²) >= 11 is 0. The van der Waals surface area contributed by atoms with E-state index in [1.54, 1.807) is 0 Å². The molecule has 1 aromatic heterocycles. The predicted molar refractivity (Wildman–Crippen MR) is 91.7 cm³/mol. The summed E-state index contributed by atoms with van der Waals surface area (Å²) in [6.45, 7) is 0.432. The van der Waals surface area contributed by atoms with E-state index in [1.165, 1.54) is 0 Å². The lowest BCUT2D eigenvalue weighted by molar-refractivity contribution is -0.121. The van der Waals surface area contributed by atoms with Crippen LogP contribution in [0.15, 0.2) is 65.2 Å². The highest BCUT2D eigenvalue weighted by atomic mass is 16.5. The number of nitrogens with zero attached hydrogens (tertiary/aromatic N) is 2. The minimum atomic E-state index is -0.0456. The fourth-order valence-corrected chi connectivity index (χ4v) is 2.25. The number of carbonyl (C=O) groups is 1. The molecule has 6 nitrogen and oxygen atoms in total. The second-order valence-electron chi connectivity index (χ2n) is 5.47. The highest BCUT2D eigenvalue weighted by molar-refractivity contribution is 5.76. The fourth-order valence-electron chi connectivity index (χ4n) is 2.25. The maximum absolute atomic E-state index is 11.9. The maximum atomic E-state index is 11.9. The third-order valence-corrected chi connectivity index (χ3v) is 3.54. The van der Waals surface area contributed by atoms with Crippen LogP contribution in [0.3, 0.4) is 0 Å². The molecule has 0 saturated carbocycles. The summed E-state index contributed by atoms with van der Waals surface area (Å²) < 4.78 is 10.6. The Bertz CT molecular complexity index is 788. The molecule has 1 amide bonds. The Morgan fingerprint density at radius 1 is 1.04 bits per heavy atom. The highest BCUT2D eigenvalue weighted by Gasteiger charge is 2.09. The first-order valence-electron chi connectivity index (χ1n) is 8.09. The van der Waals surface area contributed by atoms with Crippen molar-refractivity contribution in [3.05, 3.63) is 77.9 Å². The van der Waals surface area contributed by atoms with E-state index in [9.17, 15) is 4.79 Å². The van der Waals surface area contributed by atoms with E-state index in [4.69, 9.17) is 9.26 Å². The predicted octanol–water partition coefficient (Wildman–Crippen LogP) is 2.90. The Balaban J connectivity index is 1.40. The van der Waals surface area contributed by atoms with Crippen LogP contribution in [-0.4, -0.2) is 16.0 Å². The summed E-state index contributed by atoms with van der Waals surface area (Å²) in [6.07, 6.45) is 1.13. The molecule has 0 saturated heterocycles. The molecule has 0 aliphatic carbocycles. The standard InChI is InChI=1S/C19H19N3O3/c23-18(12-11-15-7-3-1-4-8-15)20-13-17-21-19(25-22-17)14-24-16-9-5-2-6-10-16/h1-10H,11-14H2,(H,20,23). The van der Waals surface area contributed by atoms with Gasteiger partial charge in [-0.1, -0.05) is 53.7 Å². The number of ether oxygens (including phenoxy) is 1. The van der Waals surface area contributed by atoms with Crippen molar-refractivity contribution in [3.63, 3.8) is 0 Å². The van der Waals surface area contributed by atoms with Gasteiger partial charge in [0.25, 0.3) is 5.89 Å². The van der Waals surface area contributed by atoms with Gasteiger partial charge < -0.3 is 14.6 Å². The van der Waals surface area contributed by atoms with Crippen LogP contribution < -0.4 is 10.1 Å². The number of nitrogens with one attached hydrogen (secondary N) is 1. The van der Waals surface area contributed by atoms with Crippen molar-refractivity contribution >= 4 is 5.91 Å². The fraction of sp³-hybridized carbons (Fsp3) is 0.211. The number of hydrogen-bond donors (Lipinski definition) is 1. The van der Waals surface area contributed by atoms with Crippen LogP contribution in [0.5, 0.6) is 5.75 Å². The number of hydrogen-bond acceptors (Lipinski definition) is 5. The largest absolute Gasteiger partial charge is 0.484 e. The molecule has 2 aromatic carbocycles. The average molecular weight is 337 g/mol. The Kier molecular flexibility index (Phi) is 5.77. The van der Waals surface area contributed by atoms with Gasteiger partial charge in [-0.2, -0.15) is 4.98 Å². The van der Waals surface area contributed by atoms with Gasteiger partial charge in [0.1, 0.15) is 5.75 Å². The van der Waals surface area contributed by atoms with Crippen molar-refractivity contribution in [2.24, 2.45) is 0 Å². The molecule has 1 N–H and O–H groups in total. The first kappa shape index (κ1) is 16.7. The van der Waals surface area contributed by atoms with Crippen LogP contribution in [0.2, 0.25) is 0 Å². The number of carbonyl (C=O) groups excluding carboxylic acids is 1. The van der Waals surface area contributed by atoms with E-state index in [0.717, 1.165) is 11.3 Å². The van der Waals surface area contributed by atoms with Gasteiger partial charge in [-0.25, -0.2) is 0 Å². The van der Waals surface area contributed by atoms with Gasteiger partial charge in [0.2, 0.25) is 5.91 Å². The molecule has 0 aliphatic rings. The molecule has 0 radical (unpaired) electrons. The summed E-state index contributed by atoms with van der Waals surface area (Å²) in [5.74, 6) is 1.49. The molecule has 0 spiro atoms. The minimum absolute atomic E-state index is 0.0456. The van der Waals surface area contributed by atoms with Crippen molar-refractivity contribution in [2.45, 2.75) is 26.0 Å². The SMILES string of the molecule is O=C(CCc1ccccc1)NCc1noc(COc2ccccc2)n1. The molecular formula is C19H19N3O3. The van der Waals surface area contributed by atoms with E-state index in [2.05, 4.69) is 15.5 Å². The second kappa shape index (κ2) is 8.63. The Hall–Kier alpha value is -3.15. The van der Waals surface area contributed by atoms with Gasteiger partial charge >= 0.3 is 0 Å². The number of aromatic nitrogens is 2. The summed E-state index contributed by atoms with van der Waals surface area (Å²) in [7, 11) is 0. The van der Waals surface area contributed by atoms with Gasteiger partial charge in [0.15, 0.2) is 12.4 Å². The summed E-state index contributed by atoms with van der Waals surface area (Å²) in [5.41, 5.74) is 1.14. The molecule has 0 fully saturated rings. The number of amides is 1. The van der Waals surface area contributed by atoms with Crippen LogP contribution in [0.25, 0.3) is 0 Å². The molecule has 0 bridgehead atoms. The first-order valence-corrected chi connectivity index (χ1v) is 8.09. The van der Waals surface area contributed by atoms with Crippen LogP contribution >= 0.6 is 0 Å². The minimum Gasteiger partial charge on any atom is -0.484 e. The molecule has 3 aromatic rings. The van der Waals surface area contributed by atoms with Gasteiger partial charge in [-0.3, -0.25) is 4.79 Å². The van der Waals surface area contributed by atoms with E-state index in [0.29, 0.717) is 24.6 Å². The third kappa shape index (κ3) is 5.46. The molecule has 0 aliphatic heterocycles. The normalized spacial score (nSPS) is 10.4. The maximum Gasteiger partial charge on any atom is 0.264 e. The quantitative estimate of drug-likeness (QED) is 0.684. The molecular weight excluding hydrogens is 318 g/mol. The number of benzene rings is 2. The van der Waals surface area contributed by atoms with Crippen LogP contribution in [0.4, 0.5) is 0 Å². The van der Waals surface area contributed by atoms with Gasteiger partial charge in [0.05, 0.1) is 6.54 Å². The Morgan fingerprint density at radius 2 is 1.76 bits per heavy atom. The lowest BCUT2D eigenvalue weighted by Gasteiger charge is -2.03. The molecule has 1 heterocycles. The second-order valence-corrected chi connectivity index (χ2v) is 5.47. The van der Waals surface area contributed by atoms with Crippen molar-refractivity contribution in [1.82, 2.24) is 15.5 Å². The lowest BCUT2D eigenvalue weighted by Crippen LogP contribution is -2.23. The molecule has 0 unspecified atom stereocenters. The van der Waals surface area contributed by atoms with E-state index in [-0.39, 0.29) is 19.1 Å². The van der Waals surface area contributed by atoms with Crippen LogP contribution in [0, 0.1) is 0 Å². The van der Waals surface area contributed by atoms with Crippen LogP contribution in [-0.2, 0) is 24.4 Å². The van der Waals surface area contributed by atoms with Gasteiger partial charge in [-0.15, -0.1) is 0 Å². The summed E-state index contributed by atoms with van der Waals surface area (Å²) in [4.78, 5) is 16.1. The number of aryl methyl sites for hydroxylation is 1. The van der Waals surface area contributed by atoms with Gasteiger partial charge in [-0.05, 0) is 24.1 Å². The lowest BCUT2D eigenvalue weighted by atomic mass is 10.1.